The van der Waals surface area contributed by atoms with Gasteiger partial charge in [0.1, 0.15) is 12.2 Å². The fourth-order valence-corrected chi connectivity index (χ4v) is 3.83. The lowest BCUT2D eigenvalue weighted by molar-refractivity contribution is -0.129. The minimum Gasteiger partial charge on any atom is -0.357 e. The Morgan fingerprint density at radius 3 is 2.57 bits per heavy atom. The normalized spacial score (nSPS) is 27.4. The molecule has 1 aromatic rings. The van der Waals surface area contributed by atoms with Crippen molar-refractivity contribution >= 4 is 28.9 Å². The van der Waals surface area contributed by atoms with Crippen molar-refractivity contribution in [2.45, 2.75) is 38.4 Å². The van der Waals surface area contributed by atoms with Gasteiger partial charge >= 0.3 is 0 Å². The summed E-state index contributed by atoms with van der Waals surface area (Å²) in [6.07, 6.45) is 0.783. The standard InChI is InChI=1S/C15H20N4OS/c1-14(2)10-15(3)18(13(21)16-14)9-12(20)19(15)17-11-7-5-4-6-8-11/h4-8,17H,9-10H2,1-3H3,(H,16,21). The van der Waals surface area contributed by atoms with E-state index in [2.05, 4.69) is 31.5 Å². The fourth-order valence-electron chi connectivity index (χ4n) is 3.29. The van der Waals surface area contributed by atoms with Crippen LogP contribution in [0, 0.1) is 0 Å². The smallest absolute Gasteiger partial charge is 0.262 e. The minimum absolute atomic E-state index is 0.0307. The molecule has 0 saturated carbocycles. The molecule has 21 heavy (non-hydrogen) atoms. The van der Waals surface area contributed by atoms with Gasteiger partial charge < -0.3 is 10.2 Å². The number of hydrazine groups is 1. The van der Waals surface area contributed by atoms with E-state index in [1.54, 1.807) is 5.01 Å². The van der Waals surface area contributed by atoms with Crippen LogP contribution in [0.5, 0.6) is 0 Å². The van der Waals surface area contributed by atoms with Crippen LogP contribution in [0.1, 0.15) is 27.2 Å². The van der Waals surface area contributed by atoms with Crippen LogP contribution in [0.2, 0.25) is 0 Å². The fraction of sp³-hybridized carbons (Fsp3) is 0.467. The highest BCUT2D eigenvalue weighted by Crippen LogP contribution is 2.38. The van der Waals surface area contributed by atoms with E-state index >= 15 is 0 Å². The second-order valence-corrected chi connectivity index (χ2v) is 6.89. The third-order valence-corrected chi connectivity index (χ3v) is 4.41. The third-order valence-electron chi connectivity index (χ3n) is 4.09. The number of amides is 1. The van der Waals surface area contributed by atoms with Crippen molar-refractivity contribution in [2.75, 3.05) is 12.0 Å². The summed E-state index contributed by atoms with van der Waals surface area (Å²) in [5.74, 6) is 0.0307. The Kier molecular flexibility index (Phi) is 3.09. The van der Waals surface area contributed by atoms with Gasteiger partial charge in [-0.15, -0.1) is 0 Å². The quantitative estimate of drug-likeness (QED) is 0.818. The lowest BCUT2D eigenvalue weighted by atomic mass is 9.89. The number of para-hydroxylation sites is 1. The third kappa shape index (κ3) is 2.33. The summed E-state index contributed by atoms with van der Waals surface area (Å²) >= 11 is 5.44. The molecule has 2 aliphatic rings. The Hall–Kier alpha value is -1.82. The minimum atomic E-state index is -0.460. The molecule has 2 saturated heterocycles. The molecular formula is C15H20N4OS. The zero-order valence-corrected chi connectivity index (χ0v) is 13.3. The lowest BCUT2D eigenvalue weighted by Gasteiger charge is -2.51. The van der Waals surface area contributed by atoms with Crippen molar-refractivity contribution < 1.29 is 4.79 Å². The van der Waals surface area contributed by atoms with Gasteiger partial charge in [0.2, 0.25) is 0 Å². The Morgan fingerprint density at radius 2 is 1.90 bits per heavy atom. The topological polar surface area (TPSA) is 47.6 Å². The SMILES string of the molecule is CC1(C)CC2(C)N(CC(=O)N2Nc2ccccc2)C(=S)N1. The monoisotopic (exact) mass is 304 g/mol. The van der Waals surface area contributed by atoms with Crippen LogP contribution in [0.25, 0.3) is 0 Å². The van der Waals surface area contributed by atoms with Gasteiger partial charge in [0.15, 0.2) is 5.11 Å². The second kappa shape index (κ2) is 4.59. The zero-order chi connectivity index (χ0) is 15.3. The molecule has 1 unspecified atom stereocenters. The molecule has 1 aromatic carbocycles. The number of hydrogen-bond donors (Lipinski definition) is 2. The van der Waals surface area contributed by atoms with E-state index < -0.39 is 5.66 Å². The summed E-state index contributed by atoms with van der Waals surface area (Å²) in [7, 11) is 0. The summed E-state index contributed by atoms with van der Waals surface area (Å²) in [5.41, 5.74) is 3.53. The highest BCUT2D eigenvalue weighted by Gasteiger charge is 2.55. The molecule has 5 nitrogen and oxygen atoms in total. The molecule has 0 bridgehead atoms. The Balaban J connectivity index is 1.93. The first-order chi connectivity index (χ1) is 9.82. The molecule has 0 radical (unpaired) electrons. The molecule has 0 spiro atoms. The summed E-state index contributed by atoms with van der Waals surface area (Å²) in [6.45, 7) is 6.57. The van der Waals surface area contributed by atoms with Gasteiger partial charge in [-0.3, -0.25) is 10.2 Å². The van der Waals surface area contributed by atoms with Crippen LogP contribution in [0.4, 0.5) is 5.69 Å². The van der Waals surface area contributed by atoms with Crippen LogP contribution in [0.15, 0.2) is 30.3 Å². The second-order valence-electron chi connectivity index (χ2n) is 6.50. The van der Waals surface area contributed by atoms with Crippen molar-refractivity contribution in [3.8, 4) is 0 Å². The van der Waals surface area contributed by atoms with Crippen LogP contribution in [-0.2, 0) is 4.79 Å². The van der Waals surface area contributed by atoms with Crippen LogP contribution >= 0.6 is 12.2 Å². The number of rotatable bonds is 2. The summed E-state index contributed by atoms with van der Waals surface area (Å²) < 4.78 is 0. The van der Waals surface area contributed by atoms with Crippen molar-refractivity contribution in [3.05, 3.63) is 30.3 Å². The van der Waals surface area contributed by atoms with Crippen molar-refractivity contribution in [2.24, 2.45) is 0 Å². The number of nitrogens with one attached hydrogen (secondary N) is 2. The number of hydrogen-bond acceptors (Lipinski definition) is 3. The van der Waals surface area contributed by atoms with Crippen molar-refractivity contribution in [1.29, 1.82) is 0 Å². The maximum atomic E-state index is 12.4. The molecular weight excluding hydrogens is 284 g/mol. The summed E-state index contributed by atoms with van der Waals surface area (Å²) in [6, 6.07) is 9.74. The van der Waals surface area contributed by atoms with E-state index in [1.807, 2.05) is 35.2 Å². The highest BCUT2D eigenvalue weighted by atomic mass is 32.1. The number of carbonyl (C=O) groups excluding carboxylic acids is 1. The maximum absolute atomic E-state index is 12.4. The van der Waals surface area contributed by atoms with E-state index in [1.165, 1.54) is 0 Å². The predicted octanol–water partition coefficient (Wildman–Crippen LogP) is 1.93. The van der Waals surface area contributed by atoms with Crippen molar-refractivity contribution in [3.63, 3.8) is 0 Å². The van der Waals surface area contributed by atoms with E-state index in [0.29, 0.717) is 11.7 Å². The number of anilines is 1. The molecule has 2 heterocycles. The Bertz CT molecular complexity index is 589. The van der Waals surface area contributed by atoms with Gasteiger partial charge in [0.25, 0.3) is 5.91 Å². The molecule has 0 aliphatic carbocycles. The van der Waals surface area contributed by atoms with Crippen LogP contribution < -0.4 is 10.7 Å². The maximum Gasteiger partial charge on any atom is 0.262 e. The number of nitrogens with zero attached hydrogens (tertiary/aromatic N) is 2. The number of carbonyl (C=O) groups is 1. The summed E-state index contributed by atoms with van der Waals surface area (Å²) in [5, 5.41) is 5.67. The number of benzene rings is 1. The lowest BCUT2D eigenvalue weighted by Crippen LogP contribution is -2.68. The summed E-state index contributed by atoms with van der Waals surface area (Å²) in [4.78, 5) is 14.4. The van der Waals surface area contributed by atoms with Gasteiger partial charge in [-0.25, -0.2) is 5.01 Å². The molecule has 1 amide bonds. The molecule has 2 N–H and O–H groups in total. The molecule has 0 aromatic heterocycles. The molecule has 3 rings (SSSR count). The first-order valence-electron chi connectivity index (χ1n) is 7.06. The predicted molar refractivity (Wildman–Crippen MR) is 86.5 cm³/mol. The van der Waals surface area contributed by atoms with Crippen molar-refractivity contribution in [1.82, 2.24) is 15.2 Å². The van der Waals surface area contributed by atoms with Crippen LogP contribution in [0.3, 0.4) is 0 Å². The van der Waals surface area contributed by atoms with Gasteiger partial charge in [-0.2, -0.15) is 0 Å². The Labute approximate surface area is 130 Å². The van der Waals surface area contributed by atoms with Gasteiger partial charge in [-0.1, -0.05) is 18.2 Å². The average molecular weight is 304 g/mol. The first kappa shape index (κ1) is 14.1. The largest absolute Gasteiger partial charge is 0.357 e. The molecule has 2 aliphatic heterocycles. The van der Waals surface area contributed by atoms with Gasteiger partial charge in [0.05, 0.1) is 5.69 Å². The van der Waals surface area contributed by atoms with Crippen LogP contribution in [-0.4, -0.2) is 38.7 Å². The van der Waals surface area contributed by atoms with E-state index in [4.69, 9.17) is 12.2 Å². The Morgan fingerprint density at radius 1 is 1.24 bits per heavy atom. The van der Waals surface area contributed by atoms with Gasteiger partial charge in [-0.05, 0) is 45.1 Å². The van der Waals surface area contributed by atoms with E-state index in [9.17, 15) is 4.79 Å². The highest BCUT2D eigenvalue weighted by molar-refractivity contribution is 7.80. The first-order valence-corrected chi connectivity index (χ1v) is 7.47. The van der Waals surface area contributed by atoms with Gasteiger partial charge in [0, 0.05) is 12.0 Å². The molecule has 1 atom stereocenters. The zero-order valence-electron chi connectivity index (χ0n) is 12.5. The molecule has 6 heteroatoms. The molecule has 2 fully saturated rings. The van der Waals surface area contributed by atoms with E-state index in [0.717, 1.165) is 12.1 Å². The number of thiocarbonyl (C=S) groups is 1. The number of fused-ring (bicyclic) bond motifs is 1. The molecule has 112 valence electrons. The van der Waals surface area contributed by atoms with E-state index in [-0.39, 0.29) is 11.4 Å². The average Bonchev–Trinajstić information content (AvgIpc) is 2.63.